The van der Waals surface area contributed by atoms with Crippen molar-refractivity contribution in [1.29, 1.82) is 0 Å². The summed E-state index contributed by atoms with van der Waals surface area (Å²) in [6.45, 7) is 0. The van der Waals surface area contributed by atoms with Gasteiger partial charge < -0.3 is 20.1 Å². The van der Waals surface area contributed by atoms with Gasteiger partial charge in [0.25, 0.3) is 5.91 Å². The van der Waals surface area contributed by atoms with Crippen molar-refractivity contribution in [2.45, 2.75) is 31.7 Å². The van der Waals surface area contributed by atoms with E-state index in [1.165, 1.54) is 11.3 Å². The zero-order chi connectivity index (χ0) is 18.5. The molecular formula is C19H22N2O4S. The smallest absolute Gasteiger partial charge is 0.254 e. The Morgan fingerprint density at radius 3 is 2.46 bits per heavy atom. The van der Waals surface area contributed by atoms with E-state index in [9.17, 15) is 9.59 Å². The molecule has 1 aliphatic carbocycles. The highest BCUT2D eigenvalue weighted by molar-refractivity contribution is 7.14. The third-order valence-electron chi connectivity index (χ3n) is 4.13. The maximum atomic E-state index is 12.3. The van der Waals surface area contributed by atoms with E-state index in [0.717, 1.165) is 18.4 Å². The minimum absolute atomic E-state index is 0.124. The number of thiophene rings is 1. The van der Waals surface area contributed by atoms with E-state index in [0.29, 0.717) is 34.9 Å². The number of anilines is 1. The topological polar surface area (TPSA) is 76.7 Å². The lowest BCUT2D eigenvalue weighted by atomic mass is 10.1. The summed E-state index contributed by atoms with van der Waals surface area (Å²) in [5.74, 6) is 1.13. The first-order valence-electron chi connectivity index (χ1n) is 8.49. The Balaban J connectivity index is 1.58. The zero-order valence-corrected chi connectivity index (χ0v) is 15.7. The molecule has 0 radical (unpaired) electrons. The lowest BCUT2D eigenvalue weighted by Gasteiger charge is -2.09. The molecule has 2 amide bonds. The molecule has 0 saturated heterocycles. The van der Waals surface area contributed by atoms with Gasteiger partial charge in [0.15, 0.2) is 0 Å². The summed E-state index contributed by atoms with van der Waals surface area (Å²) in [4.78, 5) is 24.5. The summed E-state index contributed by atoms with van der Waals surface area (Å²) in [7, 11) is 3.19. The van der Waals surface area contributed by atoms with E-state index in [1.807, 2.05) is 17.5 Å². The normalized spacial score (nSPS) is 13.2. The highest BCUT2D eigenvalue weighted by Crippen LogP contribution is 2.26. The van der Waals surface area contributed by atoms with Crippen LogP contribution in [0.3, 0.4) is 0 Å². The summed E-state index contributed by atoms with van der Waals surface area (Å²) < 4.78 is 10.5. The fraction of sp³-hybridized carbons (Fsp3) is 0.368. The molecule has 26 heavy (non-hydrogen) atoms. The summed E-state index contributed by atoms with van der Waals surface area (Å²) >= 11 is 1.35. The maximum absolute atomic E-state index is 12.3. The molecule has 1 heterocycles. The van der Waals surface area contributed by atoms with E-state index in [4.69, 9.17) is 9.47 Å². The van der Waals surface area contributed by atoms with Gasteiger partial charge in [-0.05, 0) is 48.4 Å². The second-order valence-electron chi connectivity index (χ2n) is 6.18. The molecule has 3 rings (SSSR count). The van der Waals surface area contributed by atoms with Crippen LogP contribution < -0.4 is 20.1 Å². The van der Waals surface area contributed by atoms with Gasteiger partial charge in [-0.25, -0.2) is 0 Å². The van der Waals surface area contributed by atoms with Gasteiger partial charge in [-0.15, -0.1) is 11.3 Å². The van der Waals surface area contributed by atoms with Crippen molar-refractivity contribution in [3.8, 4) is 11.5 Å². The van der Waals surface area contributed by atoms with Crippen molar-refractivity contribution in [2.75, 3.05) is 19.5 Å². The van der Waals surface area contributed by atoms with Crippen molar-refractivity contribution in [3.05, 3.63) is 40.8 Å². The molecule has 6 nitrogen and oxygen atoms in total. The van der Waals surface area contributed by atoms with Crippen molar-refractivity contribution in [1.82, 2.24) is 5.32 Å². The van der Waals surface area contributed by atoms with E-state index >= 15 is 0 Å². The number of rotatable bonds is 8. The van der Waals surface area contributed by atoms with Crippen LogP contribution in [0.1, 0.15) is 35.2 Å². The SMILES string of the molecule is COc1cc(CCC(=O)Nc2sccc2C(=O)NC2CC2)cc(OC)c1. The van der Waals surface area contributed by atoms with E-state index < -0.39 is 0 Å². The molecule has 1 aliphatic rings. The standard InChI is InChI=1S/C19H22N2O4S/c1-24-14-9-12(10-15(11-14)25-2)3-6-17(22)21-19-16(7-8-26-19)18(23)20-13-4-5-13/h7-11,13H,3-6H2,1-2H3,(H,20,23)(H,21,22). The predicted octanol–water partition coefficient (Wildman–Crippen LogP) is 3.23. The van der Waals surface area contributed by atoms with Crippen LogP contribution in [0, 0.1) is 0 Å². The molecule has 0 atom stereocenters. The molecule has 0 spiro atoms. The fourth-order valence-electron chi connectivity index (χ4n) is 2.53. The van der Waals surface area contributed by atoms with Gasteiger partial charge in [-0.3, -0.25) is 9.59 Å². The third-order valence-corrected chi connectivity index (χ3v) is 4.96. The largest absolute Gasteiger partial charge is 0.497 e. The first kappa shape index (κ1) is 18.3. The molecule has 2 N–H and O–H groups in total. The third kappa shape index (κ3) is 4.76. The van der Waals surface area contributed by atoms with Crippen LogP contribution in [0.5, 0.6) is 11.5 Å². The number of carbonyl (C=O) groups is 2. The molecule has 0 bridgehead atoms. The molecule has 1 saturated carbocycles. The van der Waals surface area contributed by atoms with Gasteiger partial charge in [0, 0.05) is 18.5 Å². The Bertz CT molecular complexity index is 776. The van der Waals surface area contributed by atoms with Gasteiger partial charge in [0.05, 0.1) is 19.8 Å². The first-order valence-corrected chi connectivity index (χ1v) is 9.37. The quantitative estimate of drug-likeness (QED) is 0.744. The monoisotopic (exact) mass is 374 g/mol. The van der Waals surface area contributed by atoms with E-state index in [1.54, 1.807) is 26.4 Å². The second kappa shape index (κ2) is 8.23. The number of amides is 2. The molecule has 0 unspecified atom stereocenters. The zero-order valence-electron chi connectivity index (χ0n) is 14.8. The second-order valence-corrected chi connectivity index (χ2v) is 7.10. The maximum Gasteiger partial charge on any atom is 0.254 e. The van der Waals surface area contributed by atoms with Crippen molar-refractivity contribution in [2.24, 2.45) is 0 Å². The lowest BCUT2D eigenvalue weighted by molar-refractivity contribution is -0.116. The van der Waals surface area contributed by atoms with Gasteiger partial charge in [0.2, 0.25) is 5.91 Å². The summed E-state index contributed by atoms with van der Waals surface area (Å²) in [6, 6.07) is 7.59. The van der Waals surface area contributed by atoms with Crippen LogP contribution in [-0.4, -0.2) is 32.1 Å². The number of hydrogen-bond acceptors (Lipinski definition) is 5. The van der Waals surface area contributed by atoms with Crippen LogP contribution >= 0.6 is 11.3 Å². The molecule has 1 aromatic carbocycles. The van der Waals surface area contributed by atoms with Gasteiger partial charge >= 0.3 is 0 Å². The van der Waals surface area contributed by atoms with Gasteiger partial charge in [-0.1, -0.05) is 0 Å². The fourth-order valence-corrected chi connectivity index (χ4v) is 3.33. The summed E-state index contributed by atoms with van der Waals surface area (Å²) in [6.07, 6.45) is 2.91. The minimum Gasteiger partial charge on any atom is -0.497 e. The number of benzene rings is 1. The van der Waals surface area contributed by atoms with Crippen LogP contribution in [0.2, 0.25) is 0 Å². The summed E-state index contributed by atoms with van der Waals surface area (Å²) in [5, 5.41) is 8.19. The average molecular weight is 374 g/mol. The molecule has 1 aromatic heterocycles. The minimum atomic E-state index is -0.130. The van der Waals surface area contributed by atoms with Crippen LogP contribution in [0.25, 0.3) is 0 Å². The van der Waals surface area contributed by atoms with Gasteiger partial charge in [-0.2, -0.15) is 0 Å². The molecule has 138 valence electrons. The van der Waals surface area contributed by atoms with Crippen LogP contribution in [0.15, 0.2) is 29.6 Å². The lowest BCUT2D eigenvalue weighted by Crippen LogP contribution is -2.26. The van der Waals surface area contributed by atoms with E-state index in [2.05, 4.69) is 10.6 Å². The number of methoxy groups -OCH3 is 2. The molecular weight excluding hydrogens is 352 g/mol. The Morgan fingerprint density at radius 1 is 1.15 bits per heavy atom. The number of carbonyl (C=O) groups excluding carboxylic acids is 2. The number of ether oxygens (including phenoxy) is 2. The number of nitrogens with one attached hydrogen (secondary N) is 2. The predicted molar refractivity (Wildman–Crippen MR) is 101 cm³/mol. The highest BCUT2D eigenvalue weighted by atomic mass is 32.1. The molecule has 2 aromatic rings. The van der Waals surface area contributed by atoms with Crippen LogP contribution in [-0.2, 0) is 11.2 Å². The Morgan fingerprint density at radius 2 is 1.85 bits per heavy atom. The molecule has 0 aliphatic heterocycles. The molecule has 7 heteroatoms. The van der Waals surface area contributed by atoms with E-state index in [-0.39, 0.29) is 17.9 Å². The molecule has 1 fully saturated rings. The average Bonchev–Trinajstić information content (AvgIpc) is 3.34. The highest BCUT2D eigenvalue weighted by Gasteiger charge is 2.25. The Labute approximate surface area is 156 Å². The number of hydrogen-bond donors (Lipinski definition) is 2. The van der Waals surface area contributed by atoms with Crippen LogP contribution in [0.4, 0.5) is 5.00 Å². The number of aryl methyl sites for hydroxylation is 1. The van der Waals surface area contributed by atoms with Gasteiger partial charge in [0.1, 0.15) is 16.5 Å². The Hall–Kier alpha value is -2.54. The summed E-state index contributed by atoms with van der Waals surface area (Å²) in [5.41, 5.74) is 1.48. The Kier molecular flexibility index (Phi) is 5.78. The van der Waals surface area contributed by atoms with Crippen molar-refractivity contribution >= 4 is 28.2 Å². The first-order chi connectivity index (χ1) is 12.6. The van der Waals surface area contributed by atoms with Crippen molar-refractivity contribution < 1.29 is 19.1 Å². The van der Waals surface area contributed by atoms with Crippen molar-refractivity contribution in [3.63, 3.8) is 0 Å².